The van der Waals surface area contributed by atoms with Crippen LogP contribution in [0.1, 0.15) is 37.9 Å². The van der Waals surface area contributed by atoms with Gasteiger partial charge in [-0.25, -0.2) is 0 Å². The highest BCUT2D eigenvalue weighted by atomic mass is 15.2. The first-order chi connectivity index (χ1) is 8.08. The molecule has 0 radical (unpaired) electrons. The fourth-order valence-electron chi connectivity index (χ4n) is 2.23. The minimum Gasteiger partial charge on any atom is -0.329 e. The summed E-state index contributed by atoms with van der Waals surface area (Å²) in [5, 5.41) is 0. The van der Waals surface area contributed by atoms with E-state index in [9.17, 15) is 0 Å². The molecular weight excluding hydrogens is 208 g/mol. The van der Waals surface area contributed by atoms with Crippen molar-refractivity contribution in [3.63, 3.8) is 0 Å². The van der Waals surface area contributed by atoms with E-state index in [1.54, 1.807) is 0 Å². The summed E-state index contributed by atoms with van der Waals surface area (Å²) < 4.78 is 0. The minimum atomic E-state index is 0.350. The Morgan fingerprint density at radius 2 is 1.76 bits per heavy atom. The molecule has 17 heavy (non-hydrogen) atoms. The van der Waals surface area contributed by atoms with Gasteiger partial charge < -0.3 is 5.73 Å². The molecule has 2 N–H and O–H groups in total. The maximum atomic E-state index is 5.95. The average molecular weight is 234 g/mol. The number of hydrogen-bond acceptors (Lipinski definition) is 2. The van der Waals surface area contributed by atoms with Crippen molar-refractivity contribution in [2.24, 2.45) is 11.7 Å². The molecule has 1 aromatic carbocycles. The second-order valence-electron chi connectivity index (χ2n) is 5.14. The fraction of sp³-hybridized carbons (Fsp3) is 0.600. The number of hydrogen-bond donors (Lipinski definition) is 1. The Hall–Kier alpha value is -0.860. The summed E-state index contributed by atoms with van der Waals surface area (Å²) in [7, 11) is 0. The molecule has 0 amide bonds. The Labute approximate surface area is 106 Å². The van der Waals surface area contributed by atoms with Gasteiger partial charge in [0.2, 0.25) is 0 Å². The third kappa shape index (κ3) is 4.14. The fourth-order valence-corrected chi connectivity index (χ4v) is 2.23. The molecule has 0 aliphatic rings. The maximum Gasteiger partial charge on any atom is 0.0470 e. The molecule has 2 nitrogen and oxygen atoms in total. The van der Waals surface area contributed by atoms with Crippen molar-refractivity contribution in [2.45, 2.75) is 33.7 Å². The monoisotopic (exact) mass is 234 g/mol. The molecule has 0 heterocycles. The van der Waals surface area contributed by atoms with Crippen LogP contribution in [0.2, 0.25) is 0 Å². The molecule has 96 valence electrons. The van der Waals surface area contributed by atoms with Crippen molar-refractivity contribution < 1.29 is 0 Å². The van der Waals surface area contributed by atoms with Crippen LogP contribution in [-0.4, -0.2) is 24.5 Å². The van der Waals surface area contributed by atoms with Gasteiger partial charge in [-0.2, -0.15) is 0 Å². The number of aryl methyl sites for hydroxylation is 1. The van der Waals surface area contributed by atoms with Crippen LogP contribution in [0.4, 0.5) is 0 Å². The highest BCUT2D eigenvalue weighted by Gasteiger charge is 2.18. The van der Waals surface area contributed by atoms with Crippen LogP contribution in [0, 0.1) is 12.8 Å². The summed E-state index contributed by atoms with van der Waals surface area (Å²) >= 11 is 0. The first kappa shape index (κ1) is 14.2. The third-order valence-electron chi connectivity index (χ3n) is 3.13. The topological polar surface area (TPSA) is 29.3 Å². The zero-order valence-electron chi connectivity index (χ0n) is 11.6. The van der Waals surface area contributed by atoms with Gasteiger partial charge in [-0.3, -0.25) is 4.90 Å². The molecule has 0 saturated carbocycles. The Morgan fingerprint density at radius 3 is 2.18 bits per heavy atom. The summed E-state index contributed by atoms with van der Waals surface area (Å²) in [6.07, 6.45) is 0. The van der Waals surface area contributed by atoms with Crippen molar-refractivity contribution in [3.05, 3.63) is 35.4 Å². The molecule has 1 rings (SSSR count). The molecule has 1 atom stereocenters. The van der Waals surface area contributed by atoms with E-state index in [1.165, 1.54) is 11.1 Å². The second-order valence-corrected chi connectivity index (χ2v) is 5.14. The zero-order chi connectivity index (χ0) is 12.8. The normalized spacial score (nSPS) is 13.4. The molecule has 0 aliphatic carbocycles. The van der Waals surface area contributed by atoms with Crippen molar-refractivity contribution in [2.75, 3.05) is 19.6 Å². The van der Waals surface area contributed by atoms with Crippen molar-refractivity contribution >= 4 is 0 Å². The number of benzene rings is 1. The number of nitrogens with zero attached hydrogens (tertiary/aromatic N) is 1. The highest BCUT2D eigenvalue weighted by Crippen LogP contribution is 2.21. The Bertz CT molecular complexity index is 316. The van der Waals surface area contributed by atoms with Crippen LogP contribution in [-0.2, 0) is 0 Å². The Balaban J connectivity index is 2.84. The van der Waals surface area contributed by atoms with E-state index in [1.807, 2.05) is 0 Å². The predicted octanol–water partition coefficient (Wildman–Crippen LogP) is 2.97. The Morgan fingerprint density at radius 1 is 1.18 bits per heavy atom. The van der Waals surface area contributed by atoms with Gasteiger partial charge in [0.1, 0.15) is 0 Å². The predicted molar refractivity (Wildman–Crippen MR) is 75.1 cm³/mol. The minimum absolute atomic E-state index is 0.350. The molecule has 0 bridgehead atoms. The summed E-state index contributed by atoms with van der Waals surface area (Å²) in [5.41, 5.74) is 8.59. The first-order valence-electron chi connectivity index (χ1n) is 6.59. The van der Waals surface area contributed by atoms with E-state index in [-0.39, 0.29) is 0 Å². The molecule has 0 aliphatic heterocycles. The van der Waals surface area contributed by atoms with Gasteiger partial charge in [0.25, 0.3) is 0 Å². The van der Waals surface area contributed by atoms with Gasteiger partial charge in [-0.15, -0.1) is 0 Å². The van der Waals surface area contributed by atoms with Crippen molar-refractivity contribution in [1.29, 1.82) is 0 Å². The standard InChI is InChI=1S/C15H26N2/c1-5-17(11-12(2)3)15(10-16)14-8-6-13(4)7-9-14/h6-9,12,15H,5,10-11,16H2,1-4H3. The molecule has 0 fully saturated rings. The second kappa shape index (κ2) is 6.77. The van der Waals surface area contributed by atoms with Gasteiger partial charge in [0.05, 0.1) is 0 Å². The van der Waals surface area contributed by atoms with Crippen molar-refractivity contribution in [3.8, 4) is 0 Å². The van der Waals surface area contributed by atoms with Gasteiger partial charge in [0, 0.05) is 19.1 Å². The average Bonchev–Trinajstić information content (AvgIpc) is 2.30. The molecule has 2 heteroatoms. The summed E-state index contributed by atoms with van der Waals surface area (Å²) in [4.78, 5) is 2.47. The van der Waals surface area contributed by atoms with E-state index in [0.717, 1.165) is 13.1 Å². The van der Waals surface area contributed by atoms with E-state index in [0.29, 0.717) is 18.5 Å². The lowest BCUT2D eigenvalue weighted by Crippen LogP contribution is -2.36. The van der Waals surface area contributed by atoms with Gasteiger partial charge in [-0.1, -0.05) is 50.6 Å². The van der Waals surface area contributed by atoms with Crippen LogP contribution in [0.25, 0.3) is 0 Å². The highest BCUT2D eigenvalue weighted by molar-refractivity contribution is 5.24. The largest absolute Gasteiger partial charge is 0.329 e. The lowest BCUT2D eigenvalue weighted by atomic mass is 10.0. The third-order valence-corrected chi connectivity index (χ3v) is 3.13. The Kier molecular flexibility index (Phi) is 5.66. The lowest BCUT2D eigenvalue weighted by molar-refractivity contribution is 0.189. The van der Waals surface area contributed by atoms with Crippen LogP contribution in [0.15, 0.2) is 24.3 Å². The van der Waals surface area contributed by atoms with Crippen molar-refractivity contribution in [1.82, 2.24) is 4.90 Å². The molecule has 1 unspecified atom stereocenters. The molecule has 0 saturated heterocycles. The van der Waals surface area contributed by atoms with E-state index in [2.05, 4.69) is 56.9 Å². The van der Waals surface area contributed by atoms with Gasteiger partial charge >= 0.3 is 0 Å². The van der Waals surface area contributed by atoms with Gasteiger partial charge in [-0.05, 0) is 24.9 Å². The number of likely N-dealkylation sites (N-methyl/N-ethyl adjacent to an activating group) is 1. The van der Waals surface area contributed by atoms with E-state index < -0.39 is 0 Å². The summed E-state index contributed by atoms with van der Waals surface area (Å²) in [6, 6.07) is 9.09. The summed E-state index contributed by atoms with van der Waals surface area (Å²) in [6.45, 7) is 11.7. The molecule has 1 aromatic rings. The van der Waals surface area contributed by atoms with Crippen LogP contribution in [0.3, 0.4) is 0 Å². The molecule has 0 spiro atoms. The molecular formula is C15H26N2. The van der Waals surface area contributed by atoms with Crippen LogP contribution >= 0.6 is 0 Å². The van der Waals surface area contributed by atoms with Gasteiger partial charge in [0.15, 0.2) is 0 Å². The number of rotatable bonds is 6. The van der Waals surface area contributed by atoms with E-state index >= 15 is 0 Å². The SMILES string of the molecule is CCN(CC(C)C)C(CN)c1ccc(C)cc1. The number of nitrogens with two attached hydrogens (primary N) is 1. The van der Waals surface area contributed by atoms with E-state index in [4.69, 9.17) is 5.73 Å². The quantitative estimate of drug-likeness (QED) is 0.820. The first-order valence-corrected chi connectivity index (χ1v) is 6.59. The van der Waals surface area contributed by atoms with Crippen LogP contribution in [0.5, 0.6) is 0 Å². The molecule has 0 aromatic heterocycles. The zero-order valence-corrected chi connectivity index (χ0v) is 11.6. The van der Waals surface area contributed by atoms with Crippen LogP contribution < -0.4 is 5.73 Å². The smallest absolute Gasteiger partial charge is 0.0470 e. The maximum absolute atomic E-state index is 5.95. The lowest BCUT2D eigenvalue weighted by Gasteiger charge is -2.31. The summed E-state index contributed by atoms with van der Waals surface area (Å²) in [5.74, 6) is 0.675.